The van der Waals surface area contributed by atoms with Crippen LogP contribution in [0.3, 0.4) is 0 Å². The van der Waals surface area contributed by atoms with Gasteiger partial charge >= 0.3 is 6.36 Å². The number of nitrogen functional groups attached to an aromatic ring is 1. The van der Waals surface area contributed by atoms with Crippen molar-refractivity contribution in [3.63, 3.8) is 0 Å². The number of allylic oxidation sites excluding steroid dienone is 1. The van der Waals surface area contributed by atoms with Crippen LogP contribution < -0.4 is 10.5 Å². The first kappa shape index (κ1) is 31.0. The maximum atomic E-state index is 15.3. The molecule has 4 rings (SSSR count). The molecule has 1 unspecified atom stereocenters. The molecule has 2 aliphatic rings. The van der Waals surface area contributed by atoms with Crippen LogP contribution in [-0.4, -0.2) is 49.7 Å². The summed E-state index contributed by atoms with van der Waals surface area (Å²) in [4.78, 5) is 18.8. The largest absolute Gasteiger partial charge is 0.573 e. The number of pyridine rings is 1. The summed E-state index contributed by atoms with van der Waals surface area (Å²) in [5.74, 6) is -0.930. The molecule has 6 nitrogen and oxygen atoms in total. The molecule has 11 heteroatoms. The van der Waals surface area contributed by atoms with Gasteiger partial charge < -0.3 is 19.8 Å². The van der Waals surface area contributed by atoms with Gasteiger partial charge in [-0.1, -0.05) is 26.8 Å². The minimum Gasteiger partial charge on any atom is -0.414 e. The summed E-state index contributed by atoms with van der Waals surface area (Å²) >= 11 is 0. The van der Waals surface area contributed by atoms with E-state index in [9.17, 15) is 18.0 Å². The Morgan fingerprint density at radius 3 is 2.24 bits per heavy atom. The number of anilines is 1. The van der Waals surface area contributed by atoms with Gasteiger partial charge in [0.15, 0.2) is 8.32 Å². The van der Waals surface area contributed by atoms with Crippen molar-refractivity contribution in [2.75, 3.05) is 18.8 Å². The number of hydrogen-bond donors (Lipinski definition) is 1. The van der Waals surface area contributed by atoms with Crippen LogP contribution in [0.25, 0.3) is 5.57 Å². The Labute approximate surface area is 240 Å². The normalized spacial score (nSPS) is 19.2. The molecule has 0 saturated carbocycles. The van der Waals surface area contributed by atoms with Crippen LogP contribution in [-0.2, 0) is 4.43 Å². The SMILES string of the molecule is CC(C)(C)[Si](C)(C)OC1CC=C(c2c(N)ncc(F)c2C2CCN(C(=O)c3ccc(OC(F)(F)F)cc3)CC2)CC1. The fourth-order valence-electron chi connectivity index (χ4n) is 5.34. The van der Waals surface area contributed by atoms with E-state index in [-0.39, 0.29) is 34.3 Å². The lowest BCUT2D eigenvalue weighted by Crippen LogP contribution is -2.44. The molecule has 2 heterocycles. The third kappa shape index (κ3) is 7.30. The molecule has 0 bridgehead atoms. The highest BCUT2D eigenvalue weighted by Gasteiger charge is 2.40. The van der Waals surface area contributed by atoms with Crippen LogP contribution >= 0.6 is 0 Å². The molecule has 1 atom stereocenters. The number of carbonyl (C=O) groups excluding carboxylic acids is 1. The first-order valence-electron chi connectivity index (χ1n) is 14.0. The lowest BCUT2D eigenvalue weighted by Gasteiger charge is -2.40. The van der Waals surface area contributed by atoms with Crippen molar-refractivity contribution in [3.8, 4) is 5.75 Å². The van der Waals surface area contributed by atoms with E-state index < -0.39 is 20.5 Å². The molecule has 1 aliphatic heterocycles. The highest BCUT2D eigenvalue weighted by molar-refractivity contribution is 6.74. The van der Waals surface area contributed by atoms with Crippen LogP contribution in [0.2, 0.25) is 18.1 Å². The summed E-state index contributed by atoms with van der Waals surface area (Å²) in [6.07, 6.45) is 1.93. The molecule has 1 aliphatic carbocycles. The van der Waals surface area contributed by atoms with E-state index in [2.05, 4.69) is 49.7 Å². The molecule has 41 heavy (non-hydrogen) atoms. The number of piperidine rings is 1. The zero-order valence-corrected chi connectivity index (χ0v) is 25.3. The summed E-state index contributed by atoms with van der Waals surface area (Å²) in [5.41, 5.74) is 8.80. The molecular formula is C30H39F4N3O3Si. The van der Waals surface area contributed by atoms with Gasteiger partial charge in [0.25, 0.3) is 5.91 Å². The van der Waals surface area contributed by atoms with Gasteiger partial charge in [-0.3, -0.25) is 4.79 Å². The number of hydrogen-bond acceptors (Lipinski definition) is 5. The quantitative estimate of drug-likeness (QED) is 0.275. The monoisotopic (exact) mass is 593 g/mol. The van der Waals surface area contributed by atoms with Crippen molar-refractivity contribution in [2.45, 2.75) is 89.4 Å². The Balaban J connectivity index is 1.45. The third-order valence-corrected chi connectivity index (χ3v) is 13.1. The summed E-state index contributed by atoms with van der Waals surface area (Å²) < 4.78 is 63.1. The van der Waals surface area contributed by atoms with Gasteiger partial charge in [-0.25, -0.2) is 9.37 Å². The van der Waals surface area contributed by atoms with Gasteiger partial charge in [0.05, 0.1) is 6.20 Å². The van der Waals surface area contributed by atoms with Crippen molar-refractivity contribution in [1.29, 1.82) is 0 Å². The number of halogens is 4. The Hall–Kier alpha value is -2.92. The summed E-state index contributed by atoms with van der Waals surface area (Å²) in [6, 6.07) is 4.87. The lowest BCUT2D eigenvalue weighted by atomic mass is 9.82. The fraction of sp³-hybridized carbons (Fsp3) is 0.533. The number of carbonyl (C=O) groups is 1. The first-order chi connectivity index (χ1) is 19.1. The zero-order chi connectivity index (χ0) is 30.2. The predicted octanol–water partition coefficient (Wildman–Crippen LogP) is 7.68. The number of aromatic nitrogens is 1. The summed E-state index contributed by atoms with van der Waals surface area (Å²) in [7, 11) is -1.91. The van der Waals surface area contributed by atoms with Crippen molar-refractivity contribution in [3.05, 3.63) is 59.0 Å². The molecule has 2 N–H and O–H groups in total. The molecule has 0 radical (unpaired) electrons. The van der Waals surface area contributed by atoms with Gasteiger partial charge in [-0.05, 0) is 86.0 Å². The van der Waals surface area contributed by atoms with E-state index in [0.717, 1.165) is 30.5 Å². The van der Waals surface area contributed by atoms with Crippen LogP contribution in [0.4, 0.5) is 23.4 Å². The molecule has 1 saturated heterocycles. The van der Waals surface area contributed by atoms with E-state index in [0.29, 0.717) is 49.3 Å². The molecule has 1 fully saturated rings. The number of amides is 1. The second-order valence-electron chi connectivity index (χ2n) is 12.4. The smallest absolute Gasteiger partial charge is 0.414 e. The summed E-state index contributed by atoms with van der Waals surface area (Å²) in [5, 5.41) is 0.113. The lowest BCUT2D eigenvalue weighted by molar-refractivity contribution is -0.274. The molecule has 2 aromatic rings. The average molecular weight is 594 g/mol. The Kier molecular flexibility index (Phi) is 8.89. The number of likely N-dealkylation sites (tertiary alicyclic amines) is 1. The topological polar surface area (TPSA) is 77.7 Å². The van der Waals surface area contributed by atoms with Gasteiger partial charge in [0.1, 0.15) is 17.4 Å². The minimum atomic E-state index is -4.80. The van der Waals surface area contributed by atoms with Gasteiger partial charge in [-0.2, -0.15) is 0 Å². The number of benzene rings is 1. The van der Waals surface area contributed by atoms with Crippen LogP contribution in [0.15, 0.2) is 36.5 Å². The number of rotatable bonds is 6. The van der Waals surface area contributed by atoms with E-state index in [4.69, 9.17) is 10.2 Å². The van der Waals surface area contributed by atoms with Crippen molar-refractivity contribution < 1.29 is 31.5 Å². The maximum absolute atomic E-state index is 15.3. The molecule has 1 aromatic carbocycles. The second-order valence-corrected chi connectivity index (χ2v) is 17.2. The second kappa shape index (κ2) is 11.8. The minimum absolute atomic E-state index is 0.113. The van der Waals surface area contributed by atoms with E-state index in [1.54, 1.807) is 4.90 Å². The highest BCUT2D eigenvalue weighted by atomic mass is 28.4. The number of ether oxygens (including phenoxy) is 1. The number of nitrogens with zero attached hydrogens (tertiary/aromatic N) is 2. The van der Waals surface area contributed by atoms with E-state index in [1.807, 2.05) is 0 Å². The number of alkyl halides is 3. The number of nitrogens with two attached hydrogens (primary N) is 1. The average Bonchev–Trinajstić information content (AvgIpc) is 2.89. The standard InChI is InChI=1S/C30H39F4N3O3Si/c1-29(2,3)41(4,5)40-23-12-6-19(7-13-23)26-25(24(31)18-36-27(26)35)20-14-16-37(17-15-20)28(38)21-8-10-22(11-9-21)39-30(32,33)34/h6,8-11,18,20,23H,7,12-17H2,1-5H3,(H2,35,36). The Morgan fingerprint density at radius 2 is 1.71 bits per heavy atom. The van der Waals surface area contributed by atoms with Crippen LogP contribution in [0.1, 0.15) is 80.3 Å². The molecule has 1 amide bonds. The summed E-state index contributed by atoms with van der Waals surface area (Å²) in [6.45, 7) is 11.9. The van der Waals surface area contributed by atoms with Crippen LogP contribution in [0.5, 0.6) is 5.75 Å². The van der Waals surface area contributed by atoms with Gasteiger partial charge in [0, 0.05) is 35.9 Å². The molecule has 1 aromatic heterocycles. The first-order valence-corrected chi connectivity index (χ1v) is 16.9. The predicted molar refractivity (Wildman–Crippen MR) is 154 cm³/mol. The van der Waals surface area contributed by atoms with Crippen LogP contribution in [0, 0.1) is 5.82 Å². The van der Waals surface area contributed by atoms with Crippen molar-refractivity contribution in [2.24, 2.45) is 0 Å². The van der Waals surface area contributed by atoms with Crippen molar-refractivity contribution >= 4 is 25.6 Å². The molecule has 0 spiro atoms. The van der Waals surface area contributed by atoms with Gasteiger partial charge in [0.2, 0.25) is 0 Å². The van der Waals surface area contributed by atoms with Crippen molar-refractivity contribution in [1.82, 2.24) is 9.88 Å². The van der Waals surface area contributed by atoms with Gasteiger partial charge in [-0.15, -0.1) is 13.2 Å². The molecular weight excluding hydrogens is 554 g/mol. The van der Waals surface area contributed by atoms with E-state index >= 15 is 4.39 Å². The zero-order valence-electron chi connectivity index (χ0n) is 24.3. The Morgan fingerprint density at radius 1 is 1.07 bits per heavy atom. The highest BCUT2D eigenvalue weighted by Crippen LogP contribution is 2.43. The van der Waals surface area contributed by atoms with E-state index in [1.165, 1.54) is 18.3 Å². The fourth-order valence-corrected chi connectivity index (χ4v) is 6.75. The Bertz CT molecular complexity index is 1280. The third-order valence-electron chi connectivity index (χ3n) is 8.58. The molecule has 224 valence electrons. The maximum Gasteiger partial charge on any atom is 0.573 e.